The van der Waals surface area contributed by atoms with E-state index in [1.165, 1.54) is 32.9 Å². The first-order valence-corrected chi connectivity index (χ1v) is 10.7. The number of aromatic carboxylic acids is 2. The lowest BCUT2D eigenvalue weighted by Gasteiger charge is -2.07. The van der Waals surface area contributed by atoms with Gasteiger partial charge in [0.2, 0.25) is 0 Å². The summed E-state index contributed by atoms with van der Waals surface area (Å²) in [6.45, 7) is 0. The zero-order chi connectivity index (χ0) is 22.1. The van der Waals surface area contributed by atoms with Crippen LogP contribution in [0.15, 0.2) is 130 Å². The fraction of sp³-hybridized carbons (Fsp3) is 0. The summed E-state index contributed by atoms with van der Waals surface area (Å²) in [7, 11) is -0.0146. The van der Waals surface area contributed by atoms with Crippen molar-refractivity contribution in [3.05, 3.63) is 126 Å². The maximum Gasteiger partial charge on any atom is 0.335 e. The molecule has 0 heterocycles. The van der Waals surface area contributed by atoms with Crippen LogP contribution in [0.25, 0.3) is 0 Å². The molecule has 4 nitrogen and oxygen atoms in total. The molecule has 0 aliphatic rings. The van der Waals surface area contributed by atoms with Gasteiger partial charge in [-0.05, 0) is 54.1 Å². The third-order valence-electron chi connectivity index (χ3n) is 4.28. The minimum atomic E-state index is -1.38. The fourth-order valence-corrected chi connectivity index (χ4v) is 4.96. The Labute approximate surface area is 183 Å². The summed E-state index contributed by atoms with van der Waals surface area (Å²) in [5.41, 5.74) is -0.188. The van der Waals surface area contributed by atoms with Gasteiger partial charge in [-0.1, -0.05) is 66.7 Å². The average Bonchev–Trinajstić information content (AvgIpc) is 2.82. The summed E-state index contributed by atoms with van der Waals surface area (Å²) in [6, 6.07) is 37.2. The lowest BCUT2D eigenvalue weighted by molar-refractivity contribution is -0.255. The highest BCUT2D eigenvalue weighted by atomic mass is 32.2. The van der Waals surface area contributed by atoms with Crippen molar-refractivity contribution in [3.63, 3.8) is 0 Å². The average molecular weight is 429 g/mol. The van der Waals surface area contributed by atoms with Gasteiger partial charge in [-0.25, -0.2) is 4.79 Å². The van der Waals surface area contributed by atoms with E-state index >= 15 is 0 Å². The molecule has 154 valence electrons. The molecule has 31 heavy (non-hydrogen) atoms. The zero-order valence-electron chi connectivity index (χ0n) is 16.5. The second-order valence-corrected chi connectivity index (χ2v) is 8.45. The van der Waals surface area contributed by atoms with Crippen LogP contribution in [0.3, 0.4) is 0 Å². The van der Waals surface area contributed by atoms with Gasteiger partial charge in [0.05, 0.1) is 22.4 Å². The summed E-state index contributed by atoms with van der Waals surface area (Å²) in [4.78, 5) is 24.7. The van der Waals surface area contributed by atoms with Crippen molar-refractivity contribution in [1.29, 1.82) is 0 Å². The summed E-state index contributed by atoms with van der Waals surface area (Å²) in [5, 5.41) is 18.7. The molecule has 0 aliphatic heterocycles. The molecule has 0 bridgehead atoms. The maximum absolute atomic E-state index is 10.4. The van der Waals surface area contributed by atoms with Crippen LogP contribution in [-0.4, -0.2) is 17.0 Å². The van der Waals surface area contributed by atoms with Crippen molar-refractivity contribution in [1.82, 2.24) is 0 Å². The number of rotatable bonds is 5. The van der Waals surface area contributed by atoms with E-state index in [-0.39, 0.29) is 22.0 Å². The molecular formula is C26H20O4S. The molecule has 0 amide bonds. The number of carbonyl (C=O) groups is 2. The highest BCUT2D eigenvalue weighted by molar-refractivity contribution is 7.97. The summed E-state index contributed by atoms with van der Waals surface area (Å²) in [6.07, 6.45) is 0. The van der Waals surface area contributed by atoms with Crippen molar-refractivity contribution >= 4 is 22.8 Å². The first-order chi connectivity index (χ1) is 15.1. The van der Waals surface area contributed by atoms with Crippen LogP contribution in [0.1, 0.15) is 20.7 Å². The molecule has 4 rings (SSSR count). The van der Waals surface area contributed by atoms with E-state index in [1.54, 1.807) is 0 Å². The predicted octanol–water partition coefficient (Wildman–Crippen LogP) is 4.53. The quantitative estimate of drug-likeness (QED) is 0.474. The Morgan fingerprint density at radius 1 is 0.581 bits per heavy atom. The predicted molar refractivity (Wildman–Crippen MR) is 119 cm³/mol. The summed E-state index contributed by atoms with van der Waals surface area (Å²) in [5.74, 6) is -2.53. The van der Waals surface area contributed by atoms with Crippen molar-refractivity contribution in [2.45, 2.75) is 14.7 Å². The van der Waals surface area contributed by atoms with Crippen molar-refractivity contribution in [2.24, 2.45) is 0 Å². The Bertz CT molecular complexity index is 1010. The van der Waals surface area contributed by atoms with E-state index in [2.05, 4.69) is 91.0 Å². The van der Waals surface area contributed by atoms with Gasteiger partial charge in [-0.3, -0.25) is 0 Å². The van der Waals surface area contributed by atoms with Crippen LogP contribution in [0.4, 0.5) is 0 Å². The molecule has 4 aromatic carbocycles. The molecule has 0 aliphatic carbocycles. The molecule has 1 N–H and O–H groups in total. The van der Waals surface area contributed by atoms with Crippen LogP contribution in [0.5, 0.6) is 0 Å². The van der Waals surface area contributed by atoms with Gasteiger partial charge >= 0.3 is 5.97 Å². The normalized spacial score (nSPS) is 10.1. The molecule has 0 spiro atoms. The van der Waals surface area contributed by atoms with Crippen molar-refractivity contribution < 1.29 is 19.8 Å². The smallest absolute Gasteiger partial charge is 0.335 e. The molecule has 0 saturated heterocycles. The maximum atomic E-state index is 10.4. The summed E-state index contributed by atoms with van der Waals surface area (Å²) >= 11 is 0. The van der Waals surface area contributed by atoms with Crippen molar-refractivity contribution in [3.8, 4) is 0 Å². The van der Waals surface area contributed by atoms with Gasteiger partial charge in [-0.15, -0.1) is 0 Å². The number of hydrogen-bond acceptors (Lipinski definition) is 3. The van der Waals surface area contributed by atoms with E-state index in [4.69, 9.17) is 5.11 Å². The van der Waals surface area contributed by atoms with Gasteiger partial charge in [-0.2, -0.15) is 0 Å². The molecular weight excluding hydrogens is 408 g/mol. The highest BCUT2D eigenvalue weighted by Crippen LogP contribution is 2.30. The third kappa shape index (κ3) is 6.07. The van der Waals surface area contributed by atoms with Gasteiger partial charge in [0.1, 0.15) is 0 Å². The Kier molecular flexibility index (Phi) is 7.62. The monoisotopic (exact) mass is 428 g/mol. The van der Waals surface area contributed by atoms with Crippen LogP contribution in [0.2, 0.25) is 0 Å². The number of benzene rings is 4. The highest BCUT2D eigenvalue weighted by Gasteiger charge is 2.27. The second-order valence-electron chi connectivity index (χ2n) is 6.42. The number of hydrogen-bond donors (Lipinski definition) is 1. The van der Waals surface area contributed by atoms with Gasteiger partial charge in [0.15, 0.2) is 14.7 Å². The van der Waals surface area contributed by atoms with Gasteiger partial charge in [0.25, 0.3) is 0 Å². The topological polar surface area (TPSA) is 77.4 Å². The van der Waals surface area contributed by atoms with Crippen molar-refractivity contribution in [2.75, 3.05) is 0 Å². The molecule has 0 unspecified atom stereocenters. The second kappa shape index (κ2) is 10.8. The number of carboxylic acids is 2. The Morgan fingerprint density at radius 2 is 0.968 bits per heavy atom. The van der Waals surface area contributed by atoms with E-state index in [0.717, 1.165) is 6.07 Å². The molecule has 0 saturated carbocycles. The first-order valence-electron chi connectivity index (χ1n) is 9.50. The Balaban J connectivity index is 0.000000196. The number of carboxylic acid groups (broad SMARTS) is 2. The van der Waals surface area contributed by atoms with E-state index in [1.807, 2.05) is 0 Å². The van der Waals surface area contributed by atoms with E-state index < -0.39 is 11.9 Å². The molecule has 4 aromatic rings. The van der Waals surface area contributed by atoms with Gasteiger partial charge in [0, 0.05) is 0 Å². The minimum Gasteiger partial charge on any atom is -0.545 e. The van der Waals surface area contributed by atoms with E-state index in [9.17, 15) is 14.7 Å². The van der Waals surface area contributed by atoms with Crippen LogP contribution < -0.4 is 5.11 Å². The molecule has 0 aromatic heterocycles. The van der Waals surface area contributed by atoms with E-state index in [0.29, 0.717) is 0 Å². The first kappa shape index (κ1) is 21.9. The largest absolute Gasteiger partial charge is 0.545 e. The third-order valence-corrected chi connectivity index (χ3v) is 6.51. The van der Waals surface area contributed by atoms with Crippen LogP contribution >= 0.6 is 0 Å². The standard InChI is InChI=1S/C18H15S.C8H6O4/c1-4-10-16(11-5-1)19(17-12-6-2-7-13-17)18-14-8-3-9-15-18;9-7(10)5-2-1-3-6(4-5)8(11)12/h1-15H;1-4H,(H,9,10)(H,11,12)/q+1;/p-1. The van der Waals surface area contributed by atoms with Crippen LogP contribution in [-0.2, 0) is 10.9 Å². The molecule has 0 radical (unpaired) electrons. The SMILES string of the molecule is O=C([O-])c1cccc(C(=O)O)c1.c1ccc([S+](c2ccccc2)c2ccccc2)cc1. The Morgan fingerprint density at radius 3 is 1.32 bits per heavy atom. The molecule has 5 heteroatoms. The lowest BCUT2D eigenvalue weighted by atomic mass is 10.1. The molecule has 0 atom stereocenters. The lowest BCUT2D eigenvalue weighted by Crippen LogP contribution is -2.22. The molecule has 0 fully saturated rings. The minimum absolute atomic E-state index is 0.0146. The zero-order valence-corrected chi connectivity index (χ0v) is 17.4. The summed E-state index contributed by atoms with van der Waals surface area (Å²) < 4.78 is 0. The number of carbonyl (C=O) groups excluding carboxylic acids is 1. The fourth-order valence-electron chi connectivity index (χ4n) is 2.86. The Hall–Kier alpha value is -3.83. The van der Waals surface area contributed by atoms with Crippen LogP contribution in [0, 0.1) is 0 Å². The van der Waals surface area contributed by atoms with Gasteiger partial charge < -0.3 is 15.0 Å².